The van der Waals surface area contributed by atoms with Gasteiger partial charge in [0.1, 0.15) is 23.7 Å². The molecule has 0 atom stereocenters. The van der Waals surface area contributed by atoms with E-state index in [0.717, 1.165) is 0 Å². The molecule has 0 amide bonds. The SMILES string of the molecule is CC1(C)OC(=O)C(=Cc2cccc(OCc3ccccc3F)c2)C(=O)O1. The summed E-state index contributed by atoms with van der Waals surface area (Å²) in [6, 6.07) is 13.1. The van der Waals surface area contributed by atoms with Crippen molar-refractivity contribution in [2.75, 3.05) is 0 Å². The third-order valence-electron chi connectivity index (χ3n) is 3.64. The Morgan fingerprint density at radius 2 is 1.73 bits per heavy atom. The molecule has 0 saturated carbocycles. The highest BCUT2D eigenvalue weighted by molar-refractivity contribution is 6.18. The Morgan fingerprint density at radius 1 is 1.04 bits per heavy atom. The smallest absolute Gasteiger partial charge is 0.348 e. The summed E-state index contributed by atoms with van der Waals surface area (Å²) in [6.45, 7) is 3.03. The van der Waals surface area contributed by atoms with Crippen LogP contribution in [0.3, 0.4) is 0 Å². The quantitative estimate of drug-likeness (QED) is 0.476. The summed E-state index contributed by atoms with van der Waals surface area (Å²) < 4.78 is 29.3. The molecule has 1 aliphatic rings. The minimum atomic E-state index is -1.28. The fraction of sp³-hybridized carbons (Fsp3) is 0.200. The number of cyclic esters (lactones) is 2. The first-order valence-corrected chi connectivity index (χ1v) is 7.99. The second-order valence-electron chi connectivity index (χ2n) is 6.19. The van der Waals surface area contributed by atoms with E-state index in [4.69, 9.17) is 14.2 Å². The molecule has 1 saturated heterocycles. The number of hydrogen-bond acceptors (Lipinski definition) is 5. The molecule has 0 aliphatic carbocycles. The van der Waals surface area contributed by atoms with E-state index in [-0.39, 0.29) is 18.0 Å². The first kappa shape index (κ1) is 17.7. The maximum Gasteiger partial charge on any atom is 0.348 e. The number of carbonyl (C=O) groups is 2. The third kappa shape index (κ3) is 4.08. The van der Waals surface area contributed by atoms with E-state index in [1.807, 2.05) is 0 Å². The van der Waals surface area contributed by atoms with Crippen molar-refractivity contribution in [3.05, 3.63) is 71.0 Å². The highest BCUT2D eigenvalue weighted by atomic mass is 19.1. The second kappa shape index (κ2) is 7.00. The first-order valence-electron chi connectivity index (χ1n) is 7.99. The van der Waals surface area contributed by atoms with Gasteiger partial charge < -0.3 is 14.2 Å². The van der Waals surface area contributed by atoms with Crippen LogP contribution in [0.1, 0.15) is 25.0 Å². The second-order valence-corrected chi connectivity index (χ2v) is 6.19. The topological polar surface area (TPSA) is 61.8 Å². The molecule has 0 N–H and O–H groups in total. The summed E-state index contributed by atoms with van der Waals surface area (Å²) in [5, 5.41) is 0. The molecule has 6 heteroatoms. The number of halogens is 1. The van der Waals surface area contributed by atoms with Crippen molar-refractivity contribution in [2.24, 2.45) is 0 Å². The molecular formula is C20H17FO5. The fourth-order valence-electron chi connectivity index (χ4n) is 2.42. The zero-order valence-electron chi connectivity index (χ0n) is 14.3. The number of hydrogen-bond donors (Lipinski definition) is 0. The van der Waals surface area contributed by atoms with E-state index in [2.05, 4.69) is 0 Å². The molecule has 0 radical (unpaired) electrons. The molecular weight excluding hydrogens is 339 g/mol. The summed E-state index contributed by atoms with van der Waals surface area (Å²) in [5.74, 6) is -2.65. The average Bonchev–Trinajstić information content (AvgIpc) is 2.57. The molecule has 0 spiro atoms. The van der Waals surface area contributed by atoms with Crippen molar-refractivity contribution in [3.8, 4) is 5.75 Å². The van der Waals surface area contributed by atoms with Crippen LogP contribution in [-0.2, 0) is 25.7 Å². The minimum Gasteiger partial charge on any atom is -0.489 e. The largest absolute Gasteiger partial charge is 0.489 e. The summed E-state index contributed by atoms with van der Waals surface area (Å²) >= 11 is 0. The van der Waals surface area contributed by atoms with Crippen LogP contribution in [0.25, 0.3) is 6.08 Å². The molecule has 2 aromatic rings. The molecule has 1 fully saturated rings. The number of benzene rings is 2. The van der Waals surface area contributed by atoms with Gasteiger partial charge in [-0.3, -0.25) is 0 Å². The standard InChI is InChI=1S/C20H17FO5/c1-20(2)25-18(22)16(19(23)26-20)11-13-6-5-8-15(10-13)24-12-14-7-3-4-9-17(14)21/h3-11H,12H2,1-2H3. The maximum atomic E-state index is 13.6. The van der Waals surface area contributed by atoms with Gasteiger partial charge in [-0.25, -0.2) is 14.0 Å². The number of esters is 2. The van der Waals surface area contributed by atoms with Crippen LogP contribution in [0.15, 0.2) is 54.1 Å². The predicted octanol–water partition coefficient (Wildman–Crippen LogP) is 3.62. The van der Waals surface area contributed by atoms with Crippen LogP contribution in [0.4, 0.5) is 4.39 Å². The van der Waals surface area contributed by atoms with E-state index in [0.29, 0.717) is 16.9 Å². The van der Waals surface area contributed by atoms with Gasteiger partial charge in [0.05, 0.1) is 0 Å². The number of carbonyl (C=O) groups excluding carboxylic acids is 2. The molecule has 1 heterocycles. The number of ether oxygens (including phenoxy) is 3. The van der Waals surface area contributed by atoms with Gasteiger partial charge in [-0.2, -0.15) is 0 Å². The summed E-state index contributed by atoms with van der Waals surface area (Å²) in [5.41, 5.74) is 0.785. The summed E-state index contributed by atoms with van der Waals surface area (Å²) in [4.78, 5) is 24.0. The monoisotopic (exact) mass is 356 g/mol. The molecule has 1 aliphatic heterocycles. The van der Waals surface area contributed by atoms with E-state index < -0.39 is 17.7 Å². The van der Waals surface area contributed by atoms with Gasteiger partial charge in [-0.1, -0.05) is 30.3 Å². The Balaban J connectivity index is 1.76. The Hall–Kier alpha value is -3.15. The fourth-order valence-corrected chi connectivity index (χ4v) is 2.42. The minimum absolute atomic E-state index is 0.0605. The van der Waals surface area contributed by atoms with Crippen molar-refractivity contribution in [3.63, 3.8) is 0 Å². The van der Waals surface area contributed by atoms with Gasteiger partial charge in [0.25, 0.3) is 5.79 Å². The van der Waals surface area contributed by atoms with Gasteiger partial charge in [0.2, 0.25) is 0 Å². The lowest BCUT2D eigenvalue weighted by Crippen LogP contribution is -2.41. The van der Waals surface area contributed by atoms with Crippen LogP contribution in [0, 0.1) is 5.82 Å². The number of rotatable bonds is 4. The normalized spacial score (nSPS) is 15.9. The molecule has 5 nitrogen and oxygen atoms in total. The summed E-state index contributed by atoms with van der Waals surface area (Å²) in [7, 11) is 0. The third-order valence-corrected chi connectivity index (χ3v) is 3.64. The first-order chi connectivity index (χ1) is 12.3. The molecule has 3 rings (SSSR count). The van der Waals surface area contributed by atoms with Gasteiger partial charge in [-0.15, -0.1) is 0 Å². The lowest BCUT2D eigenvalue weighted by Gasteiger charge is -2.29. The lowest BCUT2D eigenvalue weighted by atomic mass is 10.1. The maximum absolute atomic E-state index is 13.6. The van der Waals surface area contributed by atoms with E-state index in [9.17, 15) is 14.0 Å². The van der Waals surface area contributed by atoms with Crippen molar-refractivity contribution in [2.45, 2.75) is 26.2 Å². The molecule has 2 aromatic carbocycles. The Labute approximate surface area is 150 Å². The van der Waals surface area contributed by atoms with Crippen LogP contribution in [-0.4, -0.2) is 17.7 Å². The van der Waals surface area contributed by atoms with Crippen LogP contribution in [0.5, 0.6) is 5.75 Å². The summed E-state index contributed by atoms with van der Waals surface area (Å²) in [6.07, 6.45) is 1.37. The van der Waals surface area contributed by atoms with Crippen LogP contribution >= 0.6 is 0 Å². The Morgan fingerprint density at radius 3 is 2.42 bits per heavy atom. The van der Waals surface area contributed by atoms with Crippen molar-refractivity contribution in [1.82, 2.24) is 0 Å². The zero-order chi connectivity index (χ0) is 18.7. The molecule has 26 heavy (non-hydrogen) atoms. The van der Waals surface area contributed by atoms with E-state index >= 15 is 0 Å². The predicted molar refractivity (Wildman–Crippen MR) is 91.4 cm³/mol. The highest BCUT2D eigenvalue weighted by Crippen LogP contribution is 2.25. The average molecular weight is 356 g/mol. The molecule has 0 unspecified atom stereocenters. The van der Waals surface area contributed by atoms with Crippen LogP contribution < -0.4 is 4.74 Å². The molecule has 0 aromatic heterocycles. The van der Waals surface area contributed by atoms with Crippen molar-refractivity contribution >= 4 is 18.0 Å². The van der Waals surface area contributed by atoms with Gasteiger partial charge >= 0.3 is 11.9 Å². The van der Waals surface area contributed by atoms with Gasteiger partial charge in [-0.05, 0) is 29.8 Å². The zero-order valence-corrected chi connectivity index (χ0v) is 14.3. The lowest BCUT2D eigenvalue weighted by molar-refractivity contribution is -0.222. The Bertz CT molecular complexity index is 863. The molecule has 0 bridgehead atoms. The Kier molecular flexibility index (Phi) is 4.75. The molecule has 134 valence electrons. The van der Waals surface area contributed by atoms with E-state index in [1.165, 1.54) is 26.0 Å². The van der Waals surface area contributed by atoms with Gasteiger partial charge in [0.15, 0.2) is 0 Å². The van der Waals surface area contributed by atoms with Crippen molar-refractivity contribution < 1.29 is 28.2 Å². The van der Waals surface area contributed by atoms with E-state index in [1.54, 1.807) is 42.5 Å². The highest BCUT2D eigenvalue weighted by Gasteiger charge is 2.38. The van der Waals surface area contributed by atoms with Crippen molar-refractivity contribution in [1.29, 1.82) is 0 Å². The van der Waals surface area contributed by atoms with Crippen LogP contribution in [0.2, 0.25) is 0 Å². The van der Waals surface area contributed by atoms with Gasteiger partial charge in [0, 0.05) is 19.4 Å².